The molecule has 0 aromatic carbocycles. The topological polar surface area (TPSA) is 81.7 Å². The van der Waals surface area contributed by atoms with Crippen molar-refractivity contribution >= 4 is 17.7 Å². The van der Waals surface area contributed by atoms with E-state index >= 15 is 0 Å². The average molecular weight is 364 g/mol. The summed E-state index contributed by atoms with van der Waals surface area (Å²) in [7, 11) is 0. The van der Waals surface area contributed by atoms with Crippen LogP contribution in [0.15, 0.2) is 53.7 Å². The summed E-state index contributed by atoms with van der Waals surface area (Å²) in [5.41, 5.74) is 4.13. The van der Waals surface area contributed by atoms with Gasteiger partial charge in [0, 0.05) is 54.6 Å². The number of fused-ring (bicyclic) bond motifs is 1. The summed E-state index contributed by atoms with van der Waals surface area (Å²) >= 11 is 0. The minimum atomic E-state index is -0.0843. The van der Waals surface area contributed by atoms with E-state index in [1.807, 2.05) is 36.5 Å². The van der Waals surface area contributed by atoms with Gasteiger partial charge in [0.2, 0.25) is 5.91 Å². The Morgan fingerprint density at radius 3 is 2.89 bits per heavy atom. The van der Waals surface area contributed by atoms with Crippen LogP contribution < -0.4 is 16.0 Å². The second-order valence-electron chi connectivity index (χ2n) is 6.99. The molecule has 0 aliphatic carbocycles. The lowest BCUT2D eigenvalue weighted by Gasteiger charge is -2.34. The minimum absolute atomic E-state index is 0.0116. The third kappa shape index (κ3) is 3.58. The fourth-order valence-corrected chi connectivity index (χ4v) is 3.57. The lowest BCUT2D eigenvalue weighted by molar-refractivity contribution is -0.127. The molecule has 27 heavy (non-hydrogen) atoms. The van der Waals surface area contributed by atoms with Gasteiger partial charge in [-0.05, 0) is 31.9 Å². The number of carbonyl (C=O) groups excluding carboxylic acids is 1. The molecule has 0 bridgehead atoms. The minimum Gasteiger partial charge on any atom is -0.368 e. The second kappa shape index (κ2) is 7.26. The van der Waals surface area contributed by atoms with Crippen molar-refractivity contribution in [3.05, 3.63) is 60.0 Å². The number of hydrogen-bond donors (Lipinski definition) is 3. The van der Waals surface area contributed by atoms with Crippen LogP contribution in [0.2, 0.25) is 0 Å². The number of nitrogens with one attached hydrogen (secondary N) is 3. The van der Waals surface area contributed by atoms with Crippen LogP contribution in [0.3, 0.4) is 0 Å². The molecule has 1 fully saturated rings. The number of likely N-dealkylation sites (tertiary alicyclic amines) is 1. The van der Waals surface area contributed by atoms with Gasteiger partial charge >= 0.3 is 0 Å². The highest BCUT2D eigenvalue weighted by Crippen LogP contribution is 2.25. The molecule has 0 spiro atoms. The van der Waals surface area contributed by atoms with E-state index in [-0.39, 0.29) is 12.1 Å². The first-order chi connectivity index (χ1) is 13.1. The van der Waals surface area contributed by atoms with Crippen molar-refractivity contribution in [2.24, 2.45) is 4.99 Å². The molecule has 3 aliphatic heterocycles. The van der Waals surface area contributed by atoms with Crippen molar-refractivity contribution in [2.45, 2.75) is 32.0 Å². The normalized spacial score (nSPS) is 21.9. The van der Waals surface area contributed by atoms with Crippen LogP contribution >= 0.6 is 0 Å². The van der Waals surface area contributed by atoms with E-state index < -0.39 is 0 Å². The first-order valence-corrected chi connectivity index (χ1v) is 9.25. The number of aryl methyl sites for hydroxylation is 1. The molecular weight excluding hydrogens is 340 g/mol. The number of carbonyl (C=O) groups is 1. The van der Waals surface area contributed by atoms with Gasteiger partial charge in [-0.15, -0.1) is 0 Å². The molecular formula is C20H24N6O. The van der Waals surface area contributed by atoms with Gasteiger partial charge in [-0.25, -0.2) is 0 Å². The van der Waals surface area contributed by atoms with Gasteiger partial charge in [-0.3, -0.25) is 14.8 Å². The zero-order valence-electron chi connectivity index (χ0n) is 15.4. The maximum absolute atomic E-state index is 11.7. The summed E-state index contributed by atoms with van der Waals surface area (Å²) in [4.78, 5) is 22.5. The lowest BCUT2D eigenvalue weighted by Crippen LogP contribution is -2.48. The summed E-state index contributed by atoms with van der Waals surface area (Å²) in [6.45, 7) is 7.03. The van der Waals surface area contributed by atoms with E-state index in [1.54, 1.807) is 0 Å². The first kappa shape index (κ1) is 17.3. The molecule has 1 aromatic heterocycles. The number of allylic oxidation sites excluding steroid dienone is 1. The largest absolute Gasteiger partial charge is 0.368 e. The van der Waals surface area contributed by atoms with Gasteiger partial charge < -0.3 is 20.9 Å². The summed E-state index contributed by atoms with van der Waals surface area (Å²) in [5.74, 6) is 0.940. The van der Waals surface area contributed by atoms with Gasteiger partial charge in [0.25, 0.3) is 0 Å². The summed E-state index contributed by atoms with van der Waals surface area (Å²) < 4.78 is 0. The molecule has 3 N–H and O–H groups in total. The average Bonchev–Trinajstić information content (AvgIpc) is 3.12. The van der Waals surface area contributed by atoms with Gasteiger partial charge in [-0.2, -0.15) is 0 Å². The summed E-state index contributed by atoms with van der Waals surface area (Å²) in [5, 5.41) is 10.4. The van der Waals surface area contributed by atoms with Crippen molar-refractivity contribution in [1.29, 1.82) is 0 Å². The molecule has 140 valence electrons. The van der Waals surface area contributed by atoms with Gasteiger partial charge in [0.15, 0.2) is 6.17 Å². The molecule has 4 heterocycles. The molecule has 4 rings (SSSR count). The number of nitrogens with zero attached hydrogens (tertiary/aromatic N) is 3. The van der Waals surface area contributed by atoms with Crippen molar-refractivity contribution in [3.8, 4) is 0 Å². The predicted molar refractivity (Wildman–Crippen MR) is 105 cm³/mol. The summed E-state index contributed by atoms with van der Waals surface area (Å²) in [6.07, 6.45) is 8.83. The predicted octanol–water partition coefficient (Wildman–Crippen LogP) is 1.27. The third-order valence-electron chi connectivity index (χ3n) is 5.13. The molecule has 1 aromatic rings. The number of aliphatic imine (C=N–C) groups is 1. The quantitative estimate of drug-likeness (QED) is 0.701. The monoisotopic (exact) mass is 364 g/mol. The van der Waals surface area contributed by atoms with Crippen LogP contribution in [-0.2, 0) is 4.79 Å². The Balaban J connectivity index is 1.42. The molecule has 0 radical (unpaired) electrons. The molecule has 1 amide bonds. The number of amides is 1. The van der Waals surface area contributed by atoms with Gasteiger partial charge in [-0.1, -0.05) is 12.6 Å². The van der Waals surface area contributed by atoms with Gasteiger partial charge in [0.1, 0.15) is 5.82 Å². The Labute approximate surface area is 159 Å². The maximum Gasteiger partial charge on any atom is 0.245 e. The van der Waals surface area contributed by atoms with Crippen LogP contribution in [-0.4, -0.2) is 47.3 Å². The Hall–Kier alpha value is -3.09. The zero-order valence-corrected chi connectivity index (χ0v) is 15.4. The maximum atomic E-state index is 11.7. The van der Waals surface area contributed by atoms with Crippen LogP contribution in [0.4, 0.5) is 0 Å². The standard InChI is InChI=1S/C20H24N6O/c1-3-18(27)26-8-6-15(7-9-26)24-17-12-23-20-19(25-17)16(11-22-20)14-5-4-13(2)21-10-14/h3-5,10-12,15,20,23-25H,1,6-9H2,2H3. The van der Waals surface area contributed by atoms with E-state index in [1.165, 1.54) is 6.08 Å². The van der Waals surface area contributed by atoms with Crippen LogP contribution in [0, 0.1) is 6.92 Å². The molecule has 7 heteroatoms. The smallest absolute Gasteiger partial charge is 0.245 e. The van der Waals surface area contributed by atoms with Gasteiger partial charge in [0.05, 0.1) is 5.70 Å². The van der Waals surface area contributed by atoms with E-state index in [9.17, 15) is 4.79 Å². The molecule has 0 saturated carbocycles. The highest BCUT2D eigenvalue weighted by atomic mass is 16.2. The van der Waals surface area contributed by atoms with E-state index in [4.69, 9.17) is 0 Å². The molecule has 1 atom stereocenters. The molecule has 1 saturated heterocycles. The fraction of sp³-hybridized carbons (Fsp3) is 0.350. The number of aromatic nitrogens is 1. The highest BCUT2D eigenvalue weighted by Gasteiger charge is 2.28. The van der Waals surface area contributed by atoms with E-state index in [0.29, 0.717) is 6.04 Å². The van der Waals surface area contributed by atoms with Crippen LogP contribution in [0.5, 0.6) is 0 Å². The molecule has 3 aliphatic rings. The van der Waals surface area contributed by atoms with Crippen molar-refractivity contribution in [3.63, 3.8) is 0 Å². The first-order valence-electron chi connectivity index (χ1n) is 9.25. The van der Waals surface area contributed by atoms with Crippen molar-refractivity contribution in [2.75, 3.05) is 13.1 Å². The Kier molecular flexibility index (Phi) is 4.66. The number of hydrogen-bond acceptors (Lipinski definition) is 6. The molecule has 1 unspecified atom stereocenters. The molecule has 7 nitrogen and oxygen atoms in total. The lowest BCUT2D eigenvalue weighted by atomic mass is 10.0. The SMILES string of the molecule is C=CC(=O)N1CCC(NC2=CNC3N=CC(c4ccc(C)nc4)=C3N2)CC1. The number of pyridine rings is 1. The van der Waals surface area contributed by atoms with Crippen molar-refractivity contribution < 1.29 is 4.79 Å². The van der Waals surface area contributed by atoms with Crippen LogP contribution in [0.25, 0.3) is 5.57 Å². The highest BCUT2D eigenvalue weighted by molar-refractivity contribution is 6.13. The Morgan fingerprint density at radius 1 is 1.37 bits per heavy atom. The van der Waals surface area contributed by atoms with Crippen LogP contribution in [0.1, 0.15) is 24.1 Å². The Bertz CT molecular complexity index is 831. The van der Waals surface area contributed by atoms with E-state index in [2.05, 4.69) is 38.6 Å². The van der Waals surface area contributed by atoms with Crippen molar-refractivity contribution in [1.82, 2.24) is 25.8 Å². The summed E-state index contributed by atoms with van der Waals surface area (Å²) in [6, 6.07) is 4.40. The number of piperidine rings is 1. The Morgan fingerprint density at radius 2 is 2.19 bits per heavy atom. The number of rotatable bonds is 4. The fourth-order valence-electron chi connectivity index (χ4n) is 3.57. The second-order valence-corrected chi connectivity index (χ2v) is 6.99. The zero-order chi connectivity index (χ0) is 18.8. The third-order valence-corrected chi connectivity index (χ3v) is 5.13. The van der Waals surface area contributed by atoms with E-state index in [0.717, 1.165) is 54.3 Å².